The van der Waals surface area contributed by atoms with Crippen molar-refractivity contribution in [2.24, 2.45) is 5.73 Å². The van der Waals surface area contributed by atoms with E-state index in [-0.39, 0.29) is 30.7 Å². The second kappa shape index (κ2) is 12.4. The maximum Gasteiger partial charge on any atom is 0.238 e. The summed E-state index contributed by atoms with van der Waals surface area (Å²) in [5.41, 5.74) is 11.2. The summed E-state index contributed by atoms with van der Waals surface area (Å²) in [7, 11) is 0. The lowest BCUT2D eigenvalue weighted by molar-refractivity contribution is -0.134. The topological polar surface area (TPSA) is 52.8 Å². The lowest BCUT2D eigenvalue weighted by Gasteiger charge is -2.48. The van der Waals surface area contributed by atoms with Gasteiger partial charge >= 0.3 is 0 Å². The first-order valence-corrected chi connectivity index (χ1v) is 12.9. The van der Waals surface area contributed by atoms with E-state index in [4.69, 9.17) is 5.73 Å². The molecule has 3 heterocycles. The van der Waals surface area contributed by atoms with Gasteiger partial charge in [-0.3, -0.25) is 9.69 Å². The summed E-state index contributed by atoms with van der Waals surface area (Å²) >= 11 is 0. The number of piperidine rings is 2. The van der Waals surface area contributed by atoms with Gasteiger partial charge in [0.25, 0.3) is 0 Å². The van der Waals surface area contributed by atoms with Crippen molar-refractivity contribution < 1.29 is 4.79 Å². The predicted octanol–water partition coefficient (Wildman–Crippen LogP) is 4.96. The second-order valence-corrected chi connectivity index (χ2v) is 10.0. The van der Waals surface area contributed by atoms with Gasteiger partial charge in [0.1, 0.15) is 5.54 Å². The highest BCUT2D eigenvalue weighted by atomic mass is 35.5. The first-order chi connectivity index (χ1) is 16.2. The van der Waals surface area contributed by atoms with Crippen LogP contribution in [0.4, 0.5) is 11.4 Å². The minimum absolute atomic E-state index is 0. The van der Waals surface area contributed by atoms with Crippen LogP contribution in [0, 0.1) is 0 Å². The molecule has 0 aromatic heterocycles. The molecule has 2 fully saturated rings. The molecule has 0 atom stereocenters. The number of hydrogen-bond donors (Lipinski definition) is 1. The van der Waals surface area contributed by atoms with Crippen LogP contribution < -0.4 is 10.6 Å². The molecule has 3 aliphatic heterocycles. The number of nitrogens with two attached hydrogens (primary N) is 1. The molecule has 2 N–H and O–H groups in total. The number of halogens is 2. The van der Waals surface area contributed by atoms with Gasteiger partial charge in [0, 0.05) is 31.0 Å². The van der Waals surface area contributed by atoms with E-state index in [1.165, 1.54) is 41.8 Å². The molecular formula is C28H40Cl2N4O. The number of nitrogens with zero attached hydrogens (tertiary/aromatic N) is 3. The standard InChI is InChI=1S/C28H38N4O.2ClH/c29-27(33)28(31-18-6-1-7-19-31)15-21-30(22-16-28)17-8-20-32-25-11-4-2-9-23(25)13-14-24-10-3-5-12-26(24)32;;/h2-5,9-12H,1,6-8,13-22H2,(H2,29,33);2*1H. The van der Waals surface area contributed by atoms with Crippen molar-refractivity contribution in [2.75, 3.05) is 44.2 Å². The molecule has 0 unspecified atom stereocenters. The monoisotopic (exact) mass is 518 g/mol. The molecule has 0 aliphatic carbocycles. The molecule has 5 nitrogen and oxygen atoms in total. The Morgan fingerprint density at radius 1 is 0.771 bits per heavy atom. The van der Waals surface area contributed by atoms with Crippen LogP contribution in [0.1, 0.15) is 49.7 Å². The van der Waals surface area contributed by atoms with Gasteiger partial charge in [-0.2, -0.15) is 0 Å². The molecule has 2 aromatic rings. The number of hydrogen-bond acceptors (Lipinski definition) is 4. The van der Waals surface area contributed by atoms with E-state index in [0.29, 0.717) is 0 Å². The molecule has 35 heavy (non-hydrogen) atoms. The molecule has 2 aromatic carbocycles. The quantitative estimate of drug-likeness (QED) is 0.586. The molecule has 0 saturated carbocycles. The maximum absolute atomic E-state index is 12.5. The van der Waals surface area contributed by atoms with E-state index in [1.54, 1.807) is 0 Å². The van der Waals surface area contributed by atoms with Gasteiger partial charge in [0.05, 0.1) is 0 Å². The number of benzene rings is 2. The average molecular weight is 520 g/mol. The van der Waals surface area contributed by atoms with E-state index in [1.807, 2.05) is 0 Å². The van der Waals surface area contributed by atoms with Gasteiger partial charge in [-0.15, -0.1) is 24.8 Å². The summed E-state index contributed by atoms with van der Waals surface area (Å²) in [6, 6.07) is 17.8. The Morgan fingerprint density at radius 2 is 1.31 bits per heavy atom. The van der Waals surface area contributed by atoms with Crippen LogP contribution in [0.2, 0.25) is 0 Å². The molecule has 3 aliphatic rings. The van der Waals surface area contributed by atoms with Gasteiger partial charge in [0.15, 0.2) is 0 Å². The normalized spacial score (nSPS) is 19.9. The molecule has 2 saturated heterocycles. The number of carbonyl (C=O) groups is 1. The van der Waals surface area contributed by atoms with E-state index in [2.05, 4.69) is 63.2 Å². The fourth-order valence-corrected chi connectivity index (χ4v) is 6.25. The highest BCUT2D eigenvalue weighted by Crippen LogP contribution is 2.36. The van der Waals surface area contributed by atoms with Crippen molar-refractivity contribution in [1.82, 2.24) is 9.80 Å². The van der Waals surface area contributed by atoms with Gasteiger partial charge < -0.3 is 15.5 Å². The molecule has 0 bridgehead atoms. The van der Waals surface area contributed by atoms with Gasteiger partial charge in [0.2, 0.25) is 5.91 Å². The Balaban J connectivity index is 0.00000171. The lowest BCUT2D eigenvalue weighted by atomic mass is 9.83. The Kier molecular flexibility index (Phi) is 9.88. The summed E-state index contributed by atoms with van der Waals surface area (Å²) in [5, 5.41) is 0. The zero-order chi connectivity index (χ0) is 22.7. The molecule has 7 heteroatoms. The van der Waals surface area contributed by atoms with E-state index in [0.717, 1.165) is 71.4 Å². The van der Waals surface area contributed by atoms with Crippen LogP contribution in [-0.4, -0.2) is 60.5 Å². The number of primary amides is 1. The number of aryl methyl sites for hydroxylation is 2. The van der Waals surface area contributed by atoms with Crippen molar-refractivity contribution >= 4 is 42.1 Å². The third-order valence-electron chi connectivity index (χ3n) is 8.19. The van der Waals surface area contributed by atoms with Crippen LogP contribution in [0.25, 0.3) is 0 Å². The largest absolute Gasteiger partial charge is 0.368 e. The molecule has 192 valence electrons. The van der Waals surface area contributed by atoms with Crippen LogP contribution in [0.15, 0.2) is 48.5 Å². The van der Waals surface area contributed by atoms with E-state index in [9.17, 15) is 4.79 Å². The van der Waals surface area contributed by atoms with Gasteiger partial charge in [-0.25, -0.2) is 0 Å². The number of carbonyl (C=O) groups excluding carboxylic acids is 1. The minimum atomic E-state index is -0.417. The van der Waals surface area contributed by atoms with Crippen molar-refractivity contribution in [3.8, 4) is 0 Å². The number of amides is 1. The Hall–Kier alpha value is -1.79. The summed E-state index contributed by atoms with van der Waals surface area (Å²) < 4.78 is 0. The van der Waals surface area contributed by atoms with Crippen molar-refractivity contribution in [3.63, 3.8) is 0 Å². The van der Waals surface area contributed by atoms with Crippen molar-refractivity contribution in [1.29, 1.82) is 0 Å². The first kappa shape index (κ1) is 27.8. The number of likely N-dealkylation sites (tertiary alicyclic amines) is 2. The third kappa shape index (κ3) is 5.80. The van der Waals surface area contributed by atoms with Crippen LogP contribution >= 0.6 is 24.8 Å². The van der Waals surface area contributed by atoms with Crippen LogP contribution in [0.5, 0.6) is 0 Å². The molecular weight excluding hydrogens is 479 g/mol. The van der Waals surface area contributed by atoms with Gasteiger partial charge in [-0.1, -0.05) is 42.8 Å². The molecule has 0 spiro atoms. The van der Waals surface area contributed by atoms with E-state index >= 15 is 0 Å². The predicted molar refractivity (Wildman–Crippen MR) is 149 cm³/mol. The summed E-state index contributed by atoms with van der Waals surface area (Å²) in [5.74, 6) is -0.109. The highest BCUT2D eigenvalue weighted by molar-refractivity contribution is 5.86. The fourth-order valence-electron chi connectivity index (χ4n) is 6.25. The van der Waals surface area contributed by atoms with Crippen LogP contribution in [-0.2, 0) is 17.6 Å². The Morgan fingerprint density at radius 3 is 1.86 bits per heavy atom. The van der Waals surface area contributed by atoms with Crippen LogP contribution in [0.3, 0.4) is 0 Å². The zero-order valence-electron chi connectivity index (χ0n) is 20.7. The lowest BCUT2D eigenvalue weighted by Crippen LogP contribution is -2.63. The highest BCUT2D eigenvalue weighted by Gasteiger charge is 2.44. The number of para-hydroxylation sites is 2. The average Bonchev–Trinajstić information content (AvgIpc) is 3.02. The molecule has 0 radical (unpaired) electrons. The van der Waals surface area contributed by atoms with E-state index < -0.39 is 5.54 Å². The fraction of sp³-hybridized carbons (Fsp3) is 0.536. The molecule has 5 rings (SSSR count). The number of rotatable bonds is 6. The maximum atomic E-state index is 12.5. The Bertz CT molecular complexity index is 923. The zero-order valence-corrected chi connectivity index (χ0v) is 22.3. The SMILES string of the molecule is Cl.Cl.NC(=O)C1(N2CCCCC2)CCN(CCCN2c3ccccc3CCc3ccccc32)CC1. The second-order valence-electron chi connectivity index (χ2n) is 10.0. The van der Waals surface area contributed by atoms with Crippen molar-refractivity contribution in [3.05, 3.63) is 59.7 Å². The first-order valence-electron chi connectivity index (χ1n) is 12.9. The minimum Gasteiger partial charge on any atom is -0.368 e. The van der Waals surface area contributed by atoms with Gasteiger partial charge in [-0.05, 0) is 87.8 Å². The summed E-state index contributed by atoms with van der Waals surface area (Å²) in [6.07, 6.45) is 8.71. The number of fused-ring (bicyclic) bond motifs is 2. The summed E-state index contributed by atoms with van der Waals surface area (Å²) in [6.45, 7) is 6.06. The summed E-state index contributed by atoms with van der Waals surface area (Å²) in [4.78, 5) is 20.0. The Labute approximate surface area is 222 Å². The third-order valence-corrected chi connectivity index (χ3v) is 8.19. The van der Waals surface area contributed by atoms with Crippen molar-refractivity contribution in [2.45, 2.75) is 56.9 Å². The number of anilines is 2. The molecule has 1 amide bonds. The smallest absolute Gasteiger partial charge is 0.238 e.